The Bertz CT molecular complexity index is 2250. The molecule has 0 bridgehead atoms. The van der Waals surface area contributed by atoms with Gasteiger partial charge in [-0.25, -0.2) is 0 Å². The minimum atomic E-state index is -1.98. The Morgan fingerprint density at radius 1 is 0.330 bits per heavy atom. The number of nitrogens with one attached hydrogen (secondary N) is 1. The first-order chi connectivity index (χ1) is 54.8. The van der Waals surface area contributed by atoms with Crippen LogP contribution in [0.3, 0.4) is 0 Å². The largest absolute Gasteiger partial charge is 0.394 e. The summed E-state index contributed by atoms with van der Waals surface area (Å²) in [5.41, 5.74) is 0. The summed E-state index contributed by atoms with van der Waals surface area (Å²) in [6, 6.07) is -0.975. The van der Waals surface area contributed by atoms with E-state index in [0.29, 0.717) is 6.42 Å². The SMILES string of the molecule is CC/C=C\C/C=C\C/C=C\C/C=C\CCCCCCCCCCCCCCCCCCCCCCCCCCC(=O)NC(COC1OC(CO)C(OC2OC(CO)C(OC3OC(CO)C(O)C(O)C3O)C(O)C2O)C(O)C1O)C(O)/C=C/CCCCCCCCCCCCCCCCCCCCCCCCCCCCCC. The average molecular weight is 1590 g/mol. The Hall–Kier alpha value is -2.51. The zero-order chi connectivity index (χ0) is 81.0. The lowest BCUT2D eigenvalue weighted by Crippen LogP contribution is -2.66. The summed E-state index contributed by atoms with van der Waals surface area (Å²) < 4.78 is 34.6. The van der Waals surface area contributed by atoms with Crippen LogP contribution in [0.15, 0.2) is 60.8 Å². The second kappa shape index (κ2) is 72.5. The van der Waals surface area contributed by atoms with E-state index in [0.717, 1.165) is 70.6 Å². The van der Waals surface area contributed by atoms with Gasteiger partial charge in [-0.1, -0.05) is 389 Å². The number of amides is 1. The number of rotatable bonds is 76. The van der Waals surface area contributed by atoms with Crippen molar-refractivity contribution in [2.75, 3.05) is 26.4 Å². The summed E-state index contributed by atoms with van der Waals surface area (Å²) in [6.07, 6.45) is 69.5. The van der Waals surface area contributed by atoms with Crippen molar-refractivity contribution in [3.63, 3.8) is 0 Å². The molecule has 3 aliphatic rings. The third kappa shape index (κ3) is 50.4. The Morgan fingerprint density at radius 3 is 0.964 bits per heavy atom. The van der Waals surface area contributed by atoms with Gasteiger partial charge in [0.2, 0.25) is 5.91 Å². The molecule has 0 aromatic carbocycles. The van der Waals surface area contributed by atoms with Crippen molar-refractivity contribution >= 4 is 5.91 Å². The lowest BCUT2D eigenvalue weighted by atomic mass is 9.96. The second-order valence-corrected chi connectivity index (χ2v) is 33.1. The highest BCUT2D eigenvalue weighted by Gasteiger charge is 2.54. The molecule has 0 aromatic heterocycles. The number of unbranched alkanes of at least 4 members (excludes halogenated alkanes) is 52. The summed E-state index contributed by atoms with van der Waals surface area (Å²) in [5.74, 6) is -0.268. The van der Waals surface area contributed by atoms with Gasteiger partial charge in [-0.05, 0) is 57.8 Å². The third-order valence-corrected chi connectivity index (χ3v) is 23.1. The maximum atomic E-state index is 13.5. The lowest BCUT2D eigenvalue weighted by molar-refractivity contribution is -0.379. The molecule has 3 saturated heterocycles. The second-order valence-electron chi connectivity index (χ2n) is 33.1. The Morgan fingerprint density at radius 2 is 0.616 bits per heavy atom. The van der Waals surface area contributed by atoms with E-state index in [1.165, 1.54) is 295 Å². The van der Waals surface area contributed by atoms with Crippen LogP contribution < -0.4 is 5.32 Å². The molecule has 12 N–H and O–H groups in total. The molecule has 3 aliphatic heterocycles. The van der Waals surface area contributed by atoms with E-state index in [9.17, 15) is 61.0 Å². The first-order valence-corrected chi connectivity index (χ1v) is 46.5. The van der Waals surface area contributed by atoms with Gasteiger partial charge in [-0.15, -0.1) is 0 Å². The molecule has 17 unspecified atom stereocenters. The predicted octanol–water partition coefficient (Wildman–Crippen LogP) is 18.1. The number of carbonyl (C=O) groups excluding carboxylic acids is 1. The van der Waals surface area contributed by atoms with Crippen molar-refractivity contribution in [2.45, 2.75) is 497 Å². The Kier molecular flexibility index (Phi) is 67.1. The first-order valence-electron chi connectivity index (χ1n) is 46.5. The molecule has 0 radical (unpaired) electrons. The quantitative estimate of drug-likeness (QED) is 0.0199. The van der Waals surface area contributed by atoms with Crippen molar-refractivity contribution in [3.05, 3.63) is 60.8 Å². The molecule has 112 heavy (non-hydrogen) atoms. The molecule has 0 aromatic rings. The molecule has 3 fully saturated rings. The van der Waals surface area contributed by atoms with Gasteiger partial charge in [0.05, 0.1) is 38.6 Å². The third-order valence-electron chi connectivity index (χ3n) is 23.1. The number of hydrogen-bond donors (Lipinski definition) is 12. The van der Waals surface area contributed by atoms with Crippen molar-refractivity contribution in [1.29, 1.82) is 0 Å². The van der Waals surface area contributed by atoms with Crippen molar-refractivity contribution in [2.24, 2.45) is 0 Å². The molecule has 0 spiro atoms. The highest BCUT2D eigenvalue weighted by molar-refractivity contribution is 5.76. The smallest absolute Gasteiger partial charge is 0.220 e. The van der Waals surface area contributed by atoms with Crippen molar-refractivity contribution in [1.82, 2.24) is 5.32 Å². The van der Waals surface area contributed by atoms with E-state index in [4.69, 9.17) is 28.4 Å². The van der Waals surface area contributed by atoms with Crippen LogP contribution in [0, 0.1) is 0 Å². The molecule has 3 rings (SSSR count). The fourth-order valence-electron chi connectivity index (χ4n) is 15.7. The molecule has 19 nitrogen and oxygen atoms in total. The van der Waals surface area contributed by atoms with Crippen LogP contribution in [0.5, 0.6) is 0 Å². The zero-order valence-electron chi connectivity index (χ0n) is 70.9. The van der Waals surface area contributed by atoms with Gasteiger partial charge in [0.1, 0.15) is 73.2 Å². The minimum absolute atomic E-state index is 0.247. The van der Waals surface area contributed by atoms with Gasteiger partial charge < -0.3 is 89.9 Å². The van der Waals surface area contributed by atoms with Gasteiger partial charge >= 0.3 is 0 Å². The van der Waals surface area contributed by atoms with E-state index < -0.39 is 124 Å². The fraction of sp³-hybridized carbons (Fsp3) is 0.882. The fourth-order valence-corrected chi connectivity index (χ4v) is 15.7. The number of hydrogen-bond acceptors (Lipinski definition) is 18. The van der Waals surface area contributed by atoms with E-state index in [-0.39, 0.29) is 18.9 Å². The summed E-state index contributed by atoms with van der Waals surface area (Å²) in [6.45, 7) is 1.69. The van der Waals surface area contributed by atoms with Crippen LogP contribution in [0.4, 0.5) is 0 Å². The molecular formula is C93H171NO18. The highest BCUT2D eigenvalue weighted by atomic mass is 16.8. The lowest BCUT2D eigenvalue weighted by Gasteiger charge is -2.48. The van der Waals surface area contributed by atoms with E-state index >= 15 is 0 Å². The summed E-state index contributed by atoms with van der Waals surface area (Å²) >= 11 is 0. The predicted molar refractivity (Wildman–Crippen MR) is 452 cm³/mol. The average Bonchev–Trinajstić information content (AvgIpc) is 0.781. The van der Waals surface area contributed by atoms with Crippen LogP contribution in [-0.2, 0) is 33.2 Å². The van der Waals surface area contributed by atoms with Crippen LogP contribution in [-0.4, -0.2) is 193 Å². The Balaban J connectivity index is 1.31. The molecule has 0 saturated carbocycles. The molecule has 3 heterocycles. The van der Waals surface area contributed by atoms with Gasteiger partial charge in [0, 0.05) is 6.42 Å². The zero-order valence-corrected chi connectivity index (χ0v) is 70.9. The normalized spacial score (nSPS) is 25.2. The number of carbonyl (C=O) groups is 1. The number of ether oxygens (including phenoxy) is 6. The molecule has 656 valence electrons. The van der Waals surface area contributed by atoms with Crippen LogP contribution >= 0.6 is 0 Å². The molecular weight excluding hydrogens is 1420 g/mol. The molecule has 19 heteroatoms. The van der Waals surface area contributed by atoms with Crippen LogP contribution in [0.2, 0.25) is 0 Å². The topological polar surface area (TPSA) is 307 Å². The minimum Gasteiger partial charge on any atom is -0.394 e. The van der Waals surface area contributed by atoms with Crippen molar-refractivity contribution in [3.8, 4) is 0 Å². The maximum Gasteiger partial charge on any atom is 0.220 e. The monoisotopic (exact) mass is 1590 g/mol. The standard InChI is InChI=1S/C93H171NO18/c1-3-5-7-9-11-13-15-17-19-21-23-25-27-29-31-33-35-36-37-38-39-40-41-43-45-47-49-51-53-55-57-59-61-63-65-67-69-71-81(99)94-76(77(98)70-68-66-64-62-60-58-56-54-52-50-48-46-44-42-34-32-30-28-26-24-22-20-18-16-14-12-10-8-6-4-2)75-107-91-87(105)84(102)89(79(73-96)109-91)112-93-88(106)85(103)90(80(74-97)110-93)111-92-86(104)83(101)82(100)78(72-95)108-92/h5,7,11,13,17,19,23,25,68,70,76-80,82-93,95-98,100-106H,3-4,6,8-10,12,14-16,18,20-22,24,26-67,69,71-75H2,1-2H3,(H,94,99)/b7-5-,13-11-,19-17-,25-23-,70-68+. The van der Waals surface area contributed by atoms with Gasteiger partial charge in [0.15, 0.2) is 18.9 Å². The van der Waals surface area contributed by atoms with Crippen molar-refractivity contribution < 1.29 is 89.4 Å². The summed E-state index contributed by atoms with van der Waals surface area (Å²) in [4.78, 5) is 13.5. The van der Waals surface area contributed by atoms with Crippen LogP contribution in [0.25, 0.3) is 0 Å². The summed E-state index contributed by atoms with van der Waals surface area (Å²) in [7, 11) is 0. The van der Waals surface area contributed by atoms with Gasteiger partial charge in [-0.3, -0.25) is 4.79 Å². The molecule has 17 atom stereocenters. The molecule has 1 amide bonds. The number of aliphatic hydroxyl groups excluding tert-OH is 11. The summed E-state index contributed by atoms with van der Waals surface area (Å²) in [5, 5.41) is 121. The van der Waals surface area contributed by atoms with Gasteiger partial charge in [0.25, 0.3) is 0 Å². The highest BCUT2D eigenvalue weighted by Crippen LogP contribution is 2.34. The number of allylic oxidation sites excluding steroid dienone is 9. The maximum absolute atomic E-state index is 13.5. The first kappa shape index (κ1) is 104. The Labute approximate surface area is 681 Å². The van der Waals surface area contributed by atoms with Crippen LogP contribution in [0.1, 0.15) is 393 Å². The van der Waals surface area contributed by atoms with E-state index in [1.807, 2.05) is 6.08 Å². The van der Waals surface area contributed by atoms with Gasteiger partial charge in [-0.2, -0.15) is 0 Å². The number of aliphatic hydroxyl groups is 11. The van der Waals surface area contributed by atoms with E-state index in [1.54, 1.807) is 6.08 Å². The van der Waals surface area contributed by atoms with E-state index in [2.05, 4.69) is 67.8 Å². The molecule has 0 aliphatic carbocycles.